The second-order valence-electron chi connectivity index (χ2n) is 9.43. The number of nitrogens with zero attached hydrogens (tertiary/aromatic N) is 3. The lowest BCUT2D eigenvalue weighted by Crippen LogP contribution is -2.36. The van der Waals surface area contributed by atoms with Crippen LogP contribution in [-0.2, 0) is 30.8 Å². The number of benzene rings is 1. The lowest BCUT2D eigenvalue weighted by molar-refractivity contribution is -0.192. The summed E-state index contributed by atoms with van der Waals surface area (Å²) in [6.45, 7) is 7.47. The number of para-hydroxylation sites is 1. The van der Waals surface area contributed by atoms with Crippen molar-refractivity contribution in [2.24, 2.45) is 0 Å². The number of carboxylic acids is 1. The molecule has 0 radical (unpaired) electrons. The highest BCUT2D eigenvalue weighted by atomic mass is 32.2. The van der Waals surface area contributed by atoms with Crippen molar-refractivity contribution in [3.05, 3.63) is 53.0 Å². The molecule has 0 aliphatic rings. The molecule has 0 fully saturated rings. The van der Waals surface area contributed by atoms with Crippen LogP contribution >= 0.6 is 22.7 Å². The number of aliphatic carboxylic acids is 1. The third-order valence-electron chi connectivity index (χ3n) is 6.04. The van der Waals surface area contributed by atoms with Crippen molar-refractivity contribution in [2.45, 2.75) is 36.8 Å². The Bertz CT molecular complexity index is 1560. The SMILES string of the molecule is COCCN(CCOC)Cc1cnc(-c2c[nH]c3c(N(C(C)C)S(=O)(=O)c4cccs4)cccc23)s1.O=C(O)C(F)(F)F. The molecule has 0 unspecified atom stereocenters. The summed E-state index contributed by atoms with van der Waals surface area (Å²) in [5.74, 6) is -2.76. The molecule has 0 amide bonds. The van der Waals surface area contributed by atoms with Gasteiger partial charge in [-0.3, -0.25) is 9.21 Å². The van der Waals surface area contributed by atoms with Gasteiger partial charge in [0.05, 0.1) is 24.4 Å². The van der Waals surface area contributed by atoms with Gasteiger partial charge in [0.15, 0.2) is 0 Å². The van der Waals surface area contributed by atoms with Crippen molar-refractivity contribution in [3.8, 4) is 10.6 Å². The summed E-state index contributed by atoms with van der Waals surface area (Å²) in [6.07, 6.45) is -1.25. The molecule has 236 valence electrons. The standard InChI is InChI=1S/C25H32N4O4S3.C2HF3O2/c1-18(2)29(36(30,31)23-9-6-14-34-23)22-8-5-7-20-21(16-26-24(20)22)25-27-15-19(35-25)17-28(10-12-32-3)11-13-33-4;3-2(4,5)1(6)7/h5-9,14-16,18,26H,10-13,17H2,1-4H3;(H,6,7). The van der Waals surface area contributed by atoms with Gasteiger partial charge < -0.3 is 19.6 Å². The molecule has 0 atom stereocenters. The number of H-pyrrole nitrogens is 1. The summed E-state index contributed by atoms with van der Waals surface area (Å²) in [6, 6.07) is 8.91. The normalized spacial score (nSPS) is 12.1. The van der Waals surface area contributed by atoms with Crippen molar-refractivity contribution in [3.63, 3.8) is 0 Å². The molecule has 0 aliphatic heterocycles. The summed E-state index contributed by atoms with van der Waals surface area (Å²) in [5.41, 5.74) is 2.37. The lowest BCUT2D eigenvalue weighted by Gasteiger charge is -2.28. The molecular formula is C27H33F3N4O6S3. The first-order valence-corrected chi connectivity index (χ1v) is 16.1. The molecule has 0 bridgehead atoms. The molecule has 3 heterocycles. The first-order chi connectivity index (χ1) is 20.3. The molecule has 10 nitrogen and oxygen atoms in total. The van der Waals surface area contributed by atoms with E-state index in [1.165, 1.54) is 15.6 Å². The average molecular weight is 663 g/mol. The minimum absolute atomic E-state index is 0.258. The molecule has 2 N–H and O–H groups in total. The van der Waals surface area contributed by atoms with Crippen LogP contribution in [-0.4, -0.2) is 87.1 Å². The van der Waals surface area contributed by atoms with Crippen molar-refractivity contribution >= 4 is 55.3 Å². The van der Waals surface area contributed by atoms with Gasteiger partial charge in [0.1, 0.15) is 9.22 Å². The van der Waals surface area contributed by atoms with Crippen molar-refractivity contribution in [1.29, 1.82) is 0 Å². The van der Waals surface area contributed by atoms with Crippen LogP contribution in [0.1, 0.15) is 18.7 Å². The Balaban J connectivity index is 0.000000646. The predicted molar refractivity (Wildman–Crippen MR) is 161 cm³/mol. The lowest BCUT2D eigenvalue weighted by atomic mass is 10.1. The van der Waals surface area contributed by atoms with Gasteiger partial charge in [-0.15, -0.1) is 22.7 Å². The minimum atomic E-state index is -5.08. The van der Waals surface area contributed by atoms with Gasteiger partial charge in [-0.2, -0.15) is 13.2 Å². The summed E-state index contributed by atoms with van der Waals surface area (Å²) in [7, 11) is -0.279. The van der Waals surface area contributed by atoms with Gasteiger partial charge in [0, 0.05) is 68.1 Å². The van der Waals surface area contributed by atoms with E-state index in [0.29, 0.717) is 23.1 Å². The molecule has 43 heavy (non-hydrogen) atoms. The second kappa shape index (κ2) is 15.1. The van der Waals surface area contributed by atoms with Gasteiger partial charge in [-0.1, -0.05) is 18.2 Å². The number of thiazole rings is 1. The van der Waals surface area contributed by atoms with E-state index in [-0.39, 0.29) is 6.04 Å². The summed E-state index contributed by atoms with van der Waals surface area (Å²) in [5, 5.41) is 10.7. The van der Waals surface area contributed by atoms with E-state index in [4.69, 9.17) is 24.4 Å². The number of carboxylic acid groups (broad SMARTS) is 1. The topological polar surface area (TPSA) is 125 Å². The van der Waals surface area contributed by atoms with Crippen LogP contribution in [0.5, 0.6) is 0 Å². The largest absolute Gasteiger partial charge is 0.490 e. The van der Waals surface area contributed by atoms with Gasteiger partial charge in [0.25, 0.3) is 10.0 Å². The molecular weight excluding hydrogens is 630 g/mol. The zero-order valence-corrected chi connectivity index (χ0v) is 26.4. The van der Waals surface area contributed by atoms with Gasteiger partial charge in [-0.05, 0) is 31.4 Å². The maximum atomic E-state index is 13.5. The van der Waals surface area contributed by atoms with Crippen molar-refractivity contribution in [2.75, 3.05) is 44.8 Å². The van der Waals surface area contributed by atoms with E-state index in [1.807, 2.05) is 44.4 Å². The molecule has 16 heteroatoms. The number of thiophene rings is 1. The van der Waals surface area contributed by atoms with Crippen LogP contribution in [0.3, 0.4) is 0 Å². The van der Waals surface area contributed by atoms with Crippen LogP contribution in [0, 0.1) is 0 Å². The number of rotatable bonds is 13. The van der Waals surface area contributed by atoms with Gasteiger partial charge in [0.2, 0.25) is 0 Å². The van der Waals surface area contributed by atoms with Gasteiger partial charge in [-0.25, -0.2) is 18.2 Å². The number of alkyl halides is 3. The second-order valence-corrected chi connectivity index (χ2v) is 13.5. The highest BCUT2D eigenvalue weighted by Crippen LogP contribution is 2.38. The Hall–Kier alpha value is -3.02. The molecule has 4 rings (SSSR count). The van der Waals surface area contributed by atoms with E-state index in [2.05, 4.69) is 9.88 Å². The number of ether oxygens (including phenoxy) is 2. The third-order valence-corrected chi connectivity index (χ3v) is 10.4. The number of sulfonamides is 1. The molecule has 1 aromatic carbocycles. The Morgan fingerprint density at radius 2 is 1.77 bits per heavy atom. The smallest absolute Gasteiger partial charge is 0.475 e. The Morgan fingerprint density at radius 3 is 2.30 bits per heavy atom. The number of fused-ring (bicyclic) bond motifs is 1. The zero-order chi connectivity index (χ0) is 31.8. The summed E-state index contributed by atoms with van der Waals surface area (Å²) >= 11 is 2.87. The minimum Gasteiger partial charge on any atom is -0.475 e. The Morgan fingerprint density at radius 1 is 1.12 bits per heavy atom. The maximum Gasteiger partial charge on any atom is 0.490 e. The van der Waals surface area contributed by atoms with Crippen LogP contribution in [0.4, 0.5) is 18.9 Å². The van der Waals surface area contributed by atoms with Crippen LogP contribution in [0.15, 0.2) is 52.3 Å². The molecule has 0 aliphatic carbocycles. The fourth-order valence-electron chi connectivity index (χ4n) is 4.13. The first-order valence-electron chi connectivity index (χ1n) is 12.9. The van der Waals surface area contributed by atoms with E-state index in [0.717, 1.165) is 46.0 Å². The molecule has 0 spiro atoms. The number of methoxy groups -OCH3 is 2. The summed E-state index contributed by atoms with van der Waals surface area (Å²) in [4.78, 5) is 20.4. The van der Waals surface area contributed by atoms with E-state index < -0.39 is 22.2 Å². The number of aromatic amines is 1. The monoisotopic (exact) mass is 662 g/mol. The van der Waals surface area contributed by atoms with Crippen LogP contribution < -0.4 is 4.31 Å². The fraction of sp³-hybridized carbons (Fsp3) is 0.407. The highest BCUT2D eigenvalue weighted by molar-refractivity contribution is 7.94. The number of carbonyl (C=O) groups is 1. The number of hydrogen-bond acceptors (Lipinski definition) is 9. The molecule has 3 aromatic heterocycles. The van der Waals surface area contributed by atoms with Crippen molar-refractivity contribution < 1.29 is 41.0 Å². The van der Waals surface area contributed by atoms with Crippen molar-refractivity contribution in [1.82, 2.24) is 14.9 Å². The number of nitrogens with one attached hydrogen (secondary N) is 1. The quantitative estimate of drug-likeness (QED) is 0.187. The molecule has 0 saturated heterocycles. The van der Waals surface area contributed by atoms with E-state index >= 15 is 0 Å². The first kappa shape index (κ1) is 34.5. The molecule has 0 saturated carbocycles. The van der Waals surface area contributed by atoms with Crippen LogP contribution in [0.2, 0.25) is 0 Å². The Labute approximate surface area is 255 Å². The van der Waals surface area contributed by atoms with E-state index in [1.54, 1.807) is 43.1 Å². The van der Waals surface area contributed by atoms with Crippen LogP contribution in [0.25, 0.3) is 21.5 Å². The average Bonchev–Trinajstić information content (AvgIpc) is 3.71. The predicted octanol–water partition coefficient (Wildman–Crippen LogP) is 5.68. The number of halogens is 3. The van der Waals surface area contributed by atoms with Gasteiger partial charge >= 0.3 is 12.1 Å². The number of anilines is 1. The molecule has 4 aromatic rings. The fourth-order valence-corrected chi connectivity index (χ4v) is 7.87. The third kappa shape index (κ3) is 8.77. The summed E-state index contributed by atoms with van der Waals surface area (Å²) < 4.78 is 71.1. The Kier molecular flexibility index (Phi) is 12.1. The number of hydrogen-bond donors (Lipinski definition) is 2. The maximum absolute atomic E-state index is 13.5. The zero-order valence-electron chi connectivity index (χ0n) is 23.9. The number of aromatic nitrogens is 2. The highest BCUT2D eigenvalue weighted by Gasteiger charge is 2.38. The van der Waals surface area contributed by atoms with E-state index in [9.17, 15) is 21.6 Å².